The van der Waals surface area contributed by atoms with Crippen LogP contribution in [0.25, 0.3) is 0 Å². The van der Waals surface area contributed by atoms with Crippen molar-refractivity contribution in [2.45, 2.75) is 0 Å². The molecule has 1 amide bonds. The van der Waals surface area contributed by atoms with Gasteiger partial charge in [-0.25, -0.2) is 0 Å². The third kappa shape index (κ3) is 5.07. The monoisotopic (exact) mass is 384 g/mol. The van der Waals surface area contributed by atoms with Crippen molar-refractivity contribution in [3.05, 3.63) is 42.5 Å². The molecule has 0 radical (unpaired) electrons. The third-order valence-electron chi connectivity index (χ3n) is 4.87. The smallest absolute Gasteiger partial charge is 0.243 e. The molecule has 0 bridgehead atoms. The Morgan fingerprint density at radius 3 is 2.36 bits per heavy atom. The molecule has 7 nitrogen and oxygen atoms in total. The Kier molecular flexibility index (Phi) is 6.60. The van der Waals surface area contributed by atoms with Crippen LogP contribution in [0.2, 0.25) is 0 Å². The topological polar surface area (TPSA) is 66.1 Å². The lowest BCUT2D eigenvalue weighted by Gasteiger charge is -2.34. The van der Waals surface area contributed by atoms with Gasteiger partial charge in [0.2, 0.25) is 5.91 Å². The molecule has 0 unspecified atom stereocenters. The lowest BCUT2D eigenvalue weighted by molar-refractivity contribution is -0.114. The number of nitrogens with zero attached hydrogens (tertiary/aromatic N) is 2. The number of likely N-dealkylation sites (N-methyl/N-ethyl adjacent to an activating group) is 1. The van der Waals surface area contributed by atoms with Gasteiger partial charge in [-0.05, 0) is 43.4 Å². The van der Waals surface area contributed by atoms with Crippen LogP contribution in [0, 0.1) is 0 Å². The molecular weight excluding hydrogens is 356 g/mol. The largest absolute Gasteiger partial charge is 0.497 e. The van der Waals surface area contributed by atoms with Crippen molar-refractivity contribution < 1.29 is 14.3 Å². The van der Waals surface area contributed by atoms with Crippen LogP contribution in [-0.2, 0) is 4.79 Å². The van der Waals surface area contributed by atoms with E-state index in [1.54, 1.807) is 26.4 Å². The molecule has 28 heavy (non-hydrogen) atoms. The molecule has 0 saturated carbocycles. The molecule has 7 heteroatoms. The van der Waals surface area contributed by atoms with Crippen LogP contribution in [-0.4, -0.2) is 64.8 Å². The molecule has 0 aromatic heterocycles. The van der Waals surface area contributed by atoms with Crippen molar-refractivity contribution in [2.24, 2.45) is 0 Å². The van der Waals surface area contributed by atoms with Crippen molar-refractivity contribution in [1.29, 1.82) is 0 Å². The van der Waals surface area contributed by atoms with E-state index in [1.807, 2.05) is 18.2 Å². The number of rotatable bonds is 7. The van der Waals surface area contributed by atoms with Crippen LogP contribution in [0.15, 0.2) is 42.5 Å². The van der Waals surface area contributed by atoms with E-state index in [4.69, 9.17) is 9.47 Å². The zero-order chi connectivity index (χ0) is 19.9. The molecule has 150 valence electrons. The Bertz CT molecular complexity index is 787. The Balaban J connectivity index is 1.54. The number of hydrogen-bond acceptors (Lipinski definition) is 6. The van der Waals surface area contributed by atoms with Crippen LogP contribution < -0.4 is 25.0 Å². The number of piperazine rings is 1. The van der Waals surface area contributed by atoms with Crippen LogP contribution in [0.5, 0.6) is 11.5 Å². The highest BCUT2D eigenvalue weighted by Crippen LogP contribution is 2.28. The summed E-state index contributed by atoms with van der Waals surface area (Å²) >= 11 is 0. The van der Waals surface area contributed by atoms with Gasteiger partial charge in [-0.3, -0.25) is 4.79 Å². The van der Waals surface area contributed by atoms with Gasteiger partial charge in [0.05, 0.1) is 26.5 Å². The minimum absolute atomic E-state index is 0.128. The zero-order valence-electron chi connectivity index (χ0n) is 16.7. The summed E-state index contributed by atoms with van der Waals surface area (Å²) in [7, 11) is 5.34. The van der Waals surface area contributed by atoms with Crippen molar-refractivity contribution in [2.75, 3.05) is 69.5 Å². The number of carbonyl (C=O) groups excluding carboxylic acids is 1. The van der Waals surface area contributed by atoms with Gasteiger partial charge in [0.1, 0.15) is 11.5 Å². The molecule has 0 atom stereocenters. The van der Waals surface area contributed by atoms with Crippen LogP contribution in [0.1, 0.15) is 0 Å². The number of benzene rings is 2. The second kappa shape index (κ2) is 9.32. The minimum Gasteiger partial charge on any atom is -0.497 e. The van der Waals surface area contributed by atoms with Crippen molar-refractivity contribution in [3.8, 4) is 11.5 Å². The Morgan fingerprint density at radius 1 is 1.00 bits per heavy atom. The molecule has 3 rings (SSSR count). The number of amides is 1. The average Bonchev–Trinajstić information content (AvgIpc) is 2.73. The fourth-order valence-electron chi connectivity index (χ4n) is 3.15. The van der Waals surface area contributed by atoms with E-state index < -0.39 is 0 Å². The first kappa shape index (κ1) is 19.8. The first-order valence-electron chi connectivity index (χ1n) is 9.38. The van der Waals surface area contributed by atoms with E-state index >= 15 is 0 Å². The first-order valence-corrected chi connectivity index (χ1v) is 9.38. The van der Waals surface area contributed by atoms with Crippen LogP contribution in [0.3, 0.4) is 0 Å². The van der Waals surface area contributed by atoms with Crippen molar-refractivity contribution in [3.63, 3.8) is 0 Å². The summed E-state index contributed by atoms with van der Waals surface area (Å²) in [6.45, 7) is 4.31. The summed E-state index contributed by atoms with van der Waals surface area (Å²) in [5, 5.41) is 6.01. The van der Waals surface area contributed by atoms with E-state index in [9.17, 15) is 4.79 Å². The highest BCUT2D eigenvalue weighted by atomic mass is 16.5. The van der Waals surface area contributed by atoms with Crippen LogP contribution in [0.4, 0.5) is 17.1 Å². The van der Waals surface area contributed by atoms with Gasteiger partial charge in [0, 0.05) is 43.6 Å². The number of ether oxygens (including phenoxy) is 2. The summed E-state index contributed by atoms with van der Waals surface area (Å²) in [5.74, 6) is 1.23. The molecule has 2 aromatic carbocycles. The Labute approximate surface area is 166 Å². The maximum Gasteiger partial charge on any atom is 0.243 e. The molecule has 2 aromatic rings. The maximum atomic E-state index is 12.3. The predicted octanol–water partition coefficient (Wildman–Crippen LogP) is 2.51. The molecular formula is C21H28N4O3. The van der Waals surface area contributed by atoms with Gasteiger partial charge in [-0.2, -0.15) is 0 Å². The fourth-order valence-corrected chi connectivity index (χ4v) is 3.15. The van der Waals surface area contributed by atoms with Crippen molar-refractivity contribution in [1.82, 2.24) is 4.90 Å². The van der Waals surface area contributed by atoms with Gasteiger partial charge in [-0.1, -0.05) is 0 Å². The molecule has 2 N–H and O–H groups in total. The zero-order valence-corrected chi connectivity index (χ0v) is 16.7. The molecule has 1 fully saturated rings. The maximum absolute atomic E-state index is 12.3. The summed E-state index contributed by atoms with van der Waals surface area (Å²) in [4.78, 5) is 17.0. The number of carbonyl (C=O) groups is 1. The van der Waals surface area contributed by atoms with Gasteiger partial charge in [0.15, 0.2) is 0 Å². The SMILES string of the molecule is COc1ccc(OC)c(NCC(=O)Nc2ccc(N3CCN(C)CC3)cc2)c1. The summed E-state index contributed by atoms with van der Waals surface area (Å²) < 4.78 is 10.5. The predicted molar refractivity (Wildman–Crippen MR) is 113 cm³/mol. The number of hydrogen-bond donors (Lipinski definition) is 2. The second-order valence-corrected chi connectivity index (χ2v) is 6.81. The minimum atomic E-state index is -0.128. The van der Waals surface area contributed by atoms with Gasteiger partial charge in [0.25, 0.3) is 0 Å². The number of nitrogens with one attached hydrogen (secondary N) is 2. The molecule has 1 saturated heterocycles. The van der Waals surface area contributed by atoms with Gasteiger partial charge >= 0.3 is 0 Å². The quantitative estimate of drug-likeness (QED) is 0.765. The lowest BCUT2D eigenvalue weighted by atomic mass is 10.2. The van der Waals surface area contributed by atoms with E-state index in [0.29, 0.717) is 17.2 Å². The number of anilines is 3. The van der Waals surface area contributed by atoms with E-state index in [2.05, 4.69) is 39.6 Å². The number of methoxy groups -OCH3 is 2. The Morgan fingerprint density at radius 2 is 1.71 bits per heavy atom. The first-order chi connectivity index (χ1) is 13.6. The normalized spacial score (nSPS) is 14.5. The summed E-state index contributed by atoms with van der Waals surface area (Å²) in [5.41, 5.74) is 2.68. The van der Waals surface area contributed by atoms with Crippen LogP contribution >= 0.6 is 0 Å². The molecule has 1 aliphatic heterocycles. The Hall–Kier alpha value is -2.93. The van der Waals surface area contributed by atoms with E-state index in [0.717, 1.165) is 31.9 Å². The summed E-state index contributed by atoms with van der Waals surface area (Å²) in [6.07, 6.45) is 0. The summed E-state index contributed by atoms with van der Waals surface area (Å²) in [6, 6.07) is 13.4. The van der Waals surface area contributed by atoms with Crippen molar-refractivity contribution >= 4 is 23.0 Å². The molecule has 1 heterocycles. The third-order valence-corrected chi connectivity index (χ3v) is 4.87. The average molecular weight is 384 g/mol. The highest BCUT2D eigenvalue weighted by Gasteiger charge is 2.14. The van der Waals surface area contributed by atoms with Gasteiger partial charge in [-0.15, -0.1) is 0 Å². The molecule has 0 aliphatic carbocycles. The fraction of sp³-hybridized carbons (Fsp3) is 0.381. The molecule has 0 spiro atoms. The van der Waals surface area contributed by atoms with E-state index in [1.165, 1.54) is 5.69 Å². The lowest BCUT2D eigenvalue weighted by Crippen LogP contribution is -2.44. The van der Waals surface area contributed by atoms with Gasteiger partial charge < -0.3 is 29.9 Å². The highest BCUT2D eigenvalue weighted by molar-refractivity contribution is 5.94. The second-order valence-electron chi connectivity index (χ2n) is 6.81. The molecule has 1 aliphatic rings. The van der Waals surface area contributed by atoms with E-state index in [-0.39, 0.29) is 12.5 Å². The standard InChI is InChI=1S/C21H28N4O3/c1-24-10-12-25(13-11-24)17-6-4-16(5-7-17)23-21(26)15-22-19-14-18(27-2)8-9-20(19)28-3/h4-9,14,22H,10-13,15H2,1-3H3,(H,23,26).